The summed E-state index contributed by atoms with van der Waals surface area (Å²) < 4.78 is 48.3. The molecule has 13 amide bonds. The highest BCUT2D eigenvalue weighted by molar-refractivity contribution is 5.99. The van der Waals surface area contributed by atoms with Crippen LogP contribution in [0.1, 0.15) is 113 Å². The van der Waals surface area contributed by atoms with E-state index in [1.54, 1.807) is 13.8 Å². The maximum absolute atomic E-state index is 15.1. The average Bonchev–Trinajstić information content (AvgIpc) is 1.29. The fraction of sp³-hybridized carbons (Fsp3) is 0.795. The van der Waals surface area contributed by atoms with Crippen LogP contribution in [0.25, 0.3) is 0 Å². The first kappa shape index (κ1) is 110. The Morgan fingerprint density at radius 3 is 1.68 bits per heavy atom. The molecule has 0 aliphatic carbocycles. The molecular formula is C78H129N17O38. The summed E-state index contributed by atoms with van der Waals surface area (Å²) in [6.07, 6.45) is -38.6. The number of likely N-dealkylation sites (tertiary alicyclic amines) is 2. The van der Waals surface area contributed by atoms with Crippen molar-refractivity contribution in [2.24, 2.45) is 28.3 Å². The van der Waals surface area contributed by atoms with Crippen LogP contribution in [0.3, 0.4) is 0 Å². The van der Waals surface area contributed by atoms with Gasteiger partial charge < -0.3 is 200 Å². The molecule has 7 rings (SSSR count). The van der Waals surface area contributed by atoms with Crippen molar-refractivity contribution in [3.8, 4) is 0 Å². The zero-order valence-corrected chi connectivity index (χ0v) is 74.4. The summed E-state index contributed by atoms with van der Waals surface area (Å²) in [5.74, 6) is -21.6. The number of carboxylic acids is 2. The number of carboxylic acid groups (broad SMARTS) is 2. The Morgan fingerprint density at radius 2 is 1.11 bits per heavy atom. The number of nitrogens with one attached hydrogen (secondary N) is 12. The van der Waals surface area contributed by atoms with E-state index in [2.05, 4.69) is 68.8 Å². The molecule has 31 N–H and O–H groups in total. The van der Waals surface area contributed by atoms with Crippen molar-refractivity contribution in [1.82, 2.24) is 73.6 Å². The minimum atomic E-state index is -3.34. The summed E-state index contributed by atoms with van der Waals surface area (Å²) >= 11 is 0. The topological polar surface area (TPSA) is 849 Å². The van der Waals surface area contributed by atoms with Crippen LogP contribution in [0, 0.1) is 11.8 Å². The van der Waals surface area contributed by atoms with Crippen molar-refractivity contribution in [3.63, 3.8) is 0 Å². The van der Waals surface area contributed by atoms with Crippen molar-refractivity contribution in [2.45, 2.75) is 302 Å². The van der Waals surface area contributed by atoms with Crippen molar-refractivity contribution in [1.29, 1.82) is 0 Å². The zero-order chi connectivity index (χ0) is 99.1. The summed E-state index contributed by atoms with van der Waals surface area (Å²) in [4.78, 5) is 211. The monoisotopic (exact) mass is 1910 g/mol. The summed E-state index contributed by atoms with van der Waals surface area (Å²) in [7, 11) is 0. The molecule has 7 fully saturated rings. The highest BCUT2D eigenvalue weighted by Gasteiger charge is 2.62. The van der Waals surface area contributed by atoms with Gasteiger partial charge >= 0.3 is 11.9 Å². The minimum absolute atomic E-state index is 0.0175. The Kier molecular flexibility index (Phi) is 42.2. The number of carbonyl (C=O) groups is 15. The number of rotatable bonds is 46. The average molecular weight is 1910 g/mol. The number of amides is 13. The highest BCUT2D eigenvalue weighted by Crippen LogP contribution is 2.40. The van der Waals surface area contributed by atoms with Crippen molar-refractivity contribution in [3.05, 3.63) is 0 Å². The number of aliphatic hydroxyl groups is 13. The van der Waals surface area contributed by atoms with Crippen LogP contribution in [0.5, 0.6) is 0 Å². The number of nitrogens with zero attached hydrogens (tertiary/aromatic N) is 3. The number of guanidine groups is 1. The summed E-state index contributed by atoms with van der Waals surface area (Å²) in [5.41, 5.74) is 10.6. The van der Waals surface area contributed by atoms with Crippen molar-refractivity contribution < 1.29 is 186 Å². The Balaban J connectivity index is 1.18. The Morgan fingerprint density at radius 1 is 0.549 bits per heavy atom. The van der Waals surface area contributed by atoms with E-state index in [0.29, 0.717) is 19.4 Å². The first-order chi connectivity index (χ1) is 62.7. The van der Waals surface area contributed by atoms with Gasteiger partial charge in [0.2, 0.25) is 76.8 Å². The SMILES string of the molecule is CC(=O)N[C@H]1[C@H](OC[C@H](NC(=O)[C@@H](NC(=O)[C@@H]2CCCN2C(=O)[C@@H](NC(=O)[C@H](CO)NC(=O)[C@@H]2CCCN2)C(C)C)C(C)C)C(=O)NCC(=O)N[C@@H](CO)C(=O)N[C@@H](C)C(=O)N2CCC[C@H]2C(=O)NCC(=O)N[C@@H](CCCN=C(N)N)C(=O)O)O[C@H](CO)[C@@H](O[C@@H]2O[C@H](CO)[C@H](O)[C@H](O[C@]3(C(=O)O)C[C@H](O)[C@@H](NC(C)=O)[C@H]([C@H](O)[C@H](O)CO)O3)[C@H]2O)[C@@H]1O[C@@H]1O[C@@H](C)[C@@H](O)[C@@H](O)[C@@H]1O. The number of carbonyl (C=O) groups excluding carboxylic acids is 13. The molecule has 31 atom stereocenters. The molecule has 55 nitrogen and oxygen atoms in total. The molecule has 7 aliphatic heterocycles. The number of nitrogens with two attached hydrogens (primary N) is 2. The van der Waals surface area contributed by atoms with Crippen molar-refractivity contribution >= 4 is 94.7 Å². The van der Waals surface area contributed by atoms with Gasteiger partial charge in [0, 0.05) is 39.9 Å². The van der Waals surface area contributed by atoms with Crippen LogP contribution >= 0.6 is 0 Å². The maximum atomic E-state index is 15.1. The lowest BCUT2D eigenvalue weighted by Gasteiger charge is -2.51. The molecular weight excluding hydrogens is 1780 g/mol. The van der Waals surface area contributed by atoms with E-state index < -0.39 is 348 Å². The van der Waals surface area contributed by atoms with Gasteiger partial charge in [-0.2, -0.15) is 0 Å². The van der Waals surface area contributed by atoms with Gasteiger partial charge in [-0.05, 0) is 83.6 Å². The Labute approximate surface area is 761 Å². The lowest BCUT2D eigenvalue weighted by molar-refractivity contribution is -0.391. The second kappa shape index (κ2) is 50.9. The third-order valence-electron chi connectivity index (χ3n) is 23.3. The molecule has 0 aromatic carbocycles. The molecule has 7 aliphatic rings. The molecule has 0 bridgehead atoms. The Bertz CT molecular complexity index is 4030. The van der Waals surface area contributed by atoms with Gasteiger partial charge in [0.15, 0.2) is 24.8 Å². The number of hydrogen-bond donors (Lipinski definition) is 29. The Hall–Kier alpha value is -9.56. The summed E-state index contributed by atoms with van der Waals surface area (Å²) in [5, 5.41) is 193. The predicted molar refractivity (Wildman–Crippen MR) is 444 cm³/mol. The van der Waals surface area contributed by atoms with E-state index in [1.807, 2.05) is 0 Å². The van der Waals surface area contributed by atoms with Gasteiger partial charge in [0.1, 0.15) is 140 Å². The van der Waals surface area contributed by atoms with Crippen LogP contribution in [0.2, 0.25) is 0 Å². The van der Waals surface area contributed by atoms with E-state index in [9.17, 15) is 144 Å². The maximum Gasteiger partial charge on any atom is 0.364 e. The molecule has 7 heterocycles. The zero-order valence-electron chi connectivity index (χ0n) is 74.4. The minimum Gasteiger partial charge on any atom is -0.480 e. The molecule has 754 valence electrons. The van der Waals surface area contributed by atoms with Crippen LogP contribution in [-0.4, -0.2) is 449 Å². The number of hydrogen-bond acceptors (Lipinski definition) is 38. The van der Waals surface area contributed by atoms with E-state index in [1.165, 1.54) is 27.7 Å². The number of aliphatic hydroxyl groups excluding tert-OH is 13. The fourth-order valence-corrected chi connectivity index (χ4v) is 16.1. The van der Waals surface area contributed by atoms with E-state index in [4.69, 9.17) is 49.4 Å². The van der Waals surface area contributed by atoms with Gasteiger partial charge in [-0.3, -0.25) is 67.3 Å². The standard InChI is InChI=1S/C78H129N17O38/c1-30(2)49(92-68(118)42-16-12-20-95(42)71(121)50(31(3)4)93-66(116)39(25-97)90-64(114)36-13-9-17-81-36)69(119)91-40(63(113)83-22-48(106)89-38(24-96)65(115)85-32(5)70(120)94-19-11-15-41(94)67(117)84-23-47(105)88-37(72(122)123)14-10-18-82-77(79)80)29-126-73-52(87-35(8)102)61(131-74-57(111)56(110)53(107)33(6)127-74)59(46(28-100)129-73)130-75-58(112)62(55(109)45(27-99)128-75)133-78(76(124)125)21-43(103)51(86-34(7)101)60(132-78)54(108)44(104)26-98/h30-33,36-46,49-62,73-75,81,96-100,103-104,107-112H,9-29H2,1-8H3,(H,83,113)(H,84,117)(H,85,115)(H,86,101)(H,87,102)(H,88,105)(H,89,106)(H,90,114)(H,91,119)(H,92,118)(H,93,116)(H,122,123)(H,124,125)(H4,79,80,82)/t32-,33-,36-,37-,38-,39-,40-,41-,42-,43-,44+,45+,46+,49-,50-,51+,52+,53+,54+,55-,56+,57-,58+,59+,60+,61+,62-,73+,74-,75-,78-/m0/s1. The summed E-state index contributed by atoms with van der Waals surface area (Å²) in [6.45, 7) is 1.89. The van der Waals surface area contributed by atoms with E-state index in [-0.39, 0.29) is 64.1 Å². The van der Waals surface area contributed by atoms with Gasteiger partial charge in [0.25, 0.3) is 5.79 Å². The van der Waals surface area contributed by atoms with Crippen LogP contribution < -0.4 is 75.3 Å². The van der Waals surface area contributed by atoms with Crippen LogP contribution in [0.4, 0.5) is 0 Å². The second-order valence-corrected chi connectivity index (χ2v) is 34.0. The van der Waals surface area contributed by atoms with Gasteiger partial charge in [-0.25, -0.2) is 9.59 Å². The van der Waals surface area contributed by atoms with Gasteiger partial charge in [0.05, 0.1) is 77.0 Å². The third kappa shape index (κ3) is 29.2. The second-order valence-electron chi connectivity index (χ2n) is 34.0. The van der Waals surface area contributed by atoms with Crippen molar-refractivity contribution in [2.75, 3.05) is 78.9 Å². The lowest BCUT2D eigenvalue weighted by Crippen LogP contribution is -2.71. The molecule has 55 heteroatoms. The highest BCUT2D eigenvalue weighted by atomic mass is 16.8. The smallest absolute Gasteiger partial charge is 0.364 e. The van der Waals surface area contributed by atoms with Gasteiger partial charge in [-0.1, -0.05) is 27.7 Å². The quantitative estimate of drug-likeness (QED) is 0.0153. The summed E-state index contributed by atoms with van der Waals surface area (Å²) in [6, 6.07) is -18.6. The molecule has 133 heavy (non-hydrogen) atoms. The van der Waals surface area contributed by atoms with E-state index in [0.717, 1.165) is 23.6 Å². The lowest BCUT2D eigenvalue weighted by atomic mass is 9.88. The van der Waals surface area contributed by atoms with Crippen LogP contribution in [-0.2, 0) is 110 Å². The normalized spacial score (nSPS) is 30.8. The number of ether oxygens (including phenoxy) is 8. The van der Waals surface area contributed by atoms with E-state index >= 15 is 4.79 Å². The molecule has 0 radical (unpaired) electrons. The first-order valence-corrected chi connectivity index (χ1v) is 43.5. The predicted octanol–water partition coefficient (Wildman–Crippen LogP) is -16.4. The molecule has 0 saturated carbocycles. The molecule has 7 saturated heterocycles. The van der Waals surface area contributed by atoms with Crippen LogP contribution in [0.15, 0.2) is 4.99 Å². The molecule has 0 spiro atoms. The molecule has 0 aromatic heterocycles. The largest absolute Gasteiger partial charge is 0.480 e. The molecule has 0 unspecified atom stereocenters. The number of aliphatic carboxylic acids is 2. The van der Waals surface area contributed by atoms with Gasteiger partial charge in [-0.15, -0.1) is 0 Å². The fourth-order valence-electron chi connectivity index (χ4n) is 16.1. The third-order valence-corrected chi connectivity index (χ3v) is 23.3. The first-order valence-electron chi connectivity index (χ1n) is 43.5. The number of aliphatic imine (C=N–C) groups is 1. The molecule has 0 aromatic rings.